The maximum atomic E-state index is 2.22. The van der Waals surface area contributed by atoms with Gasteiger partial charge in [0.2, 0.25) is 0 Å². The van der Waals surface area contributed by atoms with Crippen LogP contribution in [-0.4, -0.2) is 24.5 Å². The van der Waals surface area contributed by atoms with E-state index in [0.29, 0.717) is 0 Å². The molecule has 56 valence electrons. The van der Waals surface area contributed by atoms with Crippen LogP contribution >= 0.6 is 0 Å². The summed E-state index contributed by atoms with van der Waals surface area (Å²) in [6.07, 6.45) is 6.51. The Balaban J connectivity index is 2.89. The van der Waals surface area contributed by atoms with Gasteiger partial charge in [-0.3, -0.25) is 4.90 Å². The topological polar surface area (TPSA) is 3.24 Å². The van der Waals surface area contributed by atoms with Crippen LogP contribution in [0, 0.1) is 0 Å². The molecule has 1 atom stereocenters. The van der Waals surface area contributed by atoms with Crippen LogP contribution < -0.4 is 0 Å². The van der Waals surface area contributed by atoms with Crippen LogP contribution in [0.1, 0.15) is 13.8 Å². The van der Waals surface area contributed by atoms with Crippen LogP contribution in [0.25, 0.3) is 0 Å². The molecule has 0 aliphatic heterocycles. The summed E-state index contributed by atoms with van der Waals surface area (Å²) in [4.78, 5) is 2.22. The summed E-state index contributed by atoms with van der Waals surface area (Å²) in [7, 11) is 4.21. The fraction of sp³-hybridized carbons (Fsp3) is 0.556. The second-order valence-electron chi connectivity index (χ2n) is 3.25. The van der Waals surface area contributed by atoms with E-state index < -0.39 is 0 Å². The molecule has 1 unspecified atom stereocenters. The highest BCUT2D eigenvalue weighted by atomic mass is 15.1. The van der Waals surface area contributed by atoms with Crippen molar-refractivity contribution in [2.75, 3.05) is 14.1 Å². The number of rotatable bonds is 1. The van der Waals surface area contributed by atoms with Gasteiger partial charge in [0.25, 0.3) is 0 Å². The monoisotopic (exact) mass is 137 g/mol. The average molecular weight is 137 g/mol. The molecule has 10 heavy (non-hydrogen) atoms. The molecule has 1 aliphatic carbocycles. The van der Waals surface area contributed by atoms with Crippen molar-refractivity contribution in [2.45, 2.75) is 19.4 Å². The van der Waals surface area contributed by atoms with Crippen LogP contribution in [0.15, 0.2) is 23.8 Å². The standard InChI is InChI=1S/C9H15N/c1-8-6-5-7-9(8,2)10(3)4/h5-7H,1-4H3. The molecule has 0 aromatic carbocycles. The van der Waals surface area contributed by atoms with Crippen molar-refractivity contribution in [1.82, 2.24) is 4.90 Å². The third-order valence-electron chi connectivity index (χ3n) is 2.49. The van der Waals surface area contributed by atoms with Crippen LogP contribution in [0.2, 0.25) is 0 Å². The Labute approximate surface area is 63.0 Å². The van der Waals surface area contributed by atoms with E-state index in [4.69, 9.17) is 0 Å². The summed E-state index contributed by atoms with van der Waals surface area (Å²) in [5.74, 6) is 0. The molecule has 0 saturated heterocycles. The molecule has 0 heterocycles. The molecule has 1 heteroatoms. The van der Waals surface area contributed by atoms with Crippen molar-refractivity contribution >= 4 is 0 Å². The summed E-state index contributed by atoms with van der Waals surface area (Å²) >= 11 is 0. The first-order chi connectivity index (χ1) is 4.57. The van der Waals surface area contributed by atoms with Gasteiger partial charge in [-0.25, -0.2) is 0 Å². The minimum atomic E-state index is 0.167. The van der Waals surface area contributed by atoms with E-state index in [2.05, 4.69) is 51.1 Å². The summed E-state index contributed by atoms with van der Waals surface area (Å²) in [6.45, 7) is 4.39. The third kappa shape index (κ3) is 0.907. The number of nitrogens with zero attached hydrogens (tertiary/aromatic N) is 1. The van der Waals surface area contributed by atoms with Gasteiger partial charge < -0.3 is 0 Å². The molecule has 0 aromatic rings. The zero-order chi connectivity index (χ0) is 7.78. The minimum Gasteiger partial charge on any atom is -0.297 e. The van der Waals surface area contributed by atoms with Gasteiger partial charge in [0.1, 0.15) is 0 Å². The van der Waals surface area contributed by atoms with Crippen molar-refractivity contribution in [3.8, 4) is 0 Å². The lowest BCUT2D eigenvalue weighted by Crippen LogP contribution is -2.38. The SMILES string of the molecule is CC1=CC=CC1(C)N(C)C. The van der Waals surface area contributed by atoms with Gasteiger partial charge in [0, 0.05) is 0 Å². The molecule has 0 aromatic heterocycles. The summed E-state index contributed by atoms with van der Waals surface area (Å²) in [5, 5.41) is 0. The lowest BCUT2D eigenvalue weighted by atomic mass is 9.96. The average Bonchev–Trinajstić information content (AvgIpc) is 2.15. The molecular weight excluding hydrogens is 122 g/mol. The maximum absolute atomic E-state index is 2.22. The van der Waals surface area contributed by atoms with Gasteiger partial charge >= 0.3 is 0 Å². The first-order valence-corrected chi connectivity index (χ1v) is 3.61. The lowest BCUT2D eigenvalue weighted by molar-refractivity contribution is 0.274. The van der Waals surface area contributed by atoms with Gasteiger partial charge in [-0.1, -0.05) is 18.2 Å². The molecular formula is C9H15N. The number of allylic oxidation sites excluding steroid dienone is 2. The number of hydrogen-bond donors (Lipinski definition) is 0. The molecule has 0 radical (unpaired) electrons. The molecule has 0 N–H and O–H groups in total. The third-order valence-corrected chi connectivity index (χ3v) is 2.49. The van der Waals surface area contributed by atoms with E-state index in [1.807, 2.05) is 0 Å². The number of likely N-dealkylation sites (N-methyl/N-ethyl adjacent to an activating group) is 1. The smallest absolute Gasteiger partial charge is 0.0574 e. The van der Waals surface area contributed by atoms with Crippen LogP contribution in [0.4, 0.5) is 0 Å². The maximum Gasteiger partial charge on any atom is 0.0574 e. The highest BCUT2D eigenvalue weighted by Crippen LogP contribution is 2.27. The van der Waals surface area contributed by atoms with E-state index in [1.165, 1.54) is 5.57 Å². The Morgan fingerprint density at radius 3 is 2.20 bits per heavy atom. The van der Waals surface area contributed by atoms with Crippen molar-refractivity contribution in [1.29, 1.82) is 0 Å². The second-order valence-corrected chi connectivity index (χ2v) is 3.25. The Kier molecular flexibility index (Phi) is 1.69. The van der Waals surface area contributed by atoms with Crippen molar-refractivity contribution in [3.05, 3.63) is 23.8 Å². The zero-order valence-corrected chi connectivity index (χ0v) is 7.18. The minimum absolute atomic E-state index is 0.167. The van der Waals surface area contributed by atoms with Crippen LogP contribution in [0.3, 0.4) is 0 Å². The Hall–Kier alpha value is -0.560. The predicted molar refractivity (Wildman–Crippen MR) is 45.0 cm³/mol. The highest BCUT2D eigenvalue weighted by molar-refractivity contribution is 5.36. The molecule has 1 rings (SSSR count). The van der Waals surface area contributed by atoms with E-state index in [-0.39, 0.29) is 5.54 Å². The van der Waals surface area contributed by atoms with E-state index >= 15 is 0 Å². The van der Waals surface area contributed by atoms with Gasteiger partial charge in [-0.15, -0.1) is 0 Å². The first kappa shape index (κ1) is 7.55. The molecule has 1 nitrogen and oxygen atoms in total. The van der Waals surface area contributed by atoms with E-state index in [0.717, 1.165) is 0 Å². The first-order valence-electron chi connectivity index (χ1n) is 3.61. The lowest BCUT2D eigenvalue weighted by Gasteiger charge is -2.32. The van der Waals surface area contributed by atoms with Crippen molar-refractivity contribution in [2.24, 2.45) is 0 Å². The van der Waals surface area contributed by atoms with Gasteiger partial charge in [0.05, 0.1) is 5.54 Å². The molecule has 0 fully saturated rings. The summed E-state index contributed by atoms with van der Waals surface area (Å²) < 4.78 is 0. The molecule has 0 amide bonds. The van der Waals surface area contributed by atoms with Gasteiger partial charge in [-0.05, 0) is 33.5 Å². The largest absolute Gasteiger partial charge is 0.297 e. The molecule has 1 aliphatic rings. The molecule has 0 saturated carbocycles. The molecule has 0 bridgehead atoms. The molecule has 0 spiro atoms. The number of hydrogen-bond acceptors (Lipinski definition) is 1. The Morgan fingerprint density at radius 2 is 2.00 bits per heavy atom. The van der Waals surface area contributed by atoms with Crippen LogP contribution in [0.5, 0.6) is 0 Å². The van der Waals surface area contributed by atoms with Crippen molar-refractivity contribution < 1.29 is 0 Å². The van der Waals surface area contributed by atoms with E-state index in [9.17, 15) is 0 Å². The van der Waals surface area contributed by atoms with E-state index in [1.54, 1.807) is 0 Å². The Bertz CT molecular complexity index is 189. The normalized spacial score (nSPS) is 31.5. The Morgan fingerprint density at radius 1 is 1.40 bits per heavy atom. The zero-order valence-electron chi connectivity index (χ0n) is 7.18. The fourth-order valence-corrected chi connectivity index (χ4v) is 1.18. The second kappa shape index (κ2) is 2.24. The predicted octanol–water partition coefficient (Wildman–Crippen LogP) is 1.82. The van der Waals surface area contributed by atoms with Gasteiger partial charge in [-0.2, -0.15) is 0 Å². The van der Waals surface area contributed by atoms with Gasteiger partial charge in [0.15, 0.2) is 0 Å². The van der Waals surface area contributed by atoms with Crippen molar-refractivity contribution in [3.63, 3.8) is 0 Å². The quantitative estimate of drug-likeness (QED) is 0.533. The summed E-state index contributed by atoms with van der Waals surface area (Å²) in [5.41, 5.74) is 1.58. The summed E-state index contributed by atoms with van der Waals surface area (Å²) in [6, 6.07) is 0. The highest BCUT2D eigenvalue weighted by Gasteiger charge is 2.27. The fourth-order valence-electron chi connectivity index (χ4n) is 1.18. The van der Waals surface area contributed by atoms with Crippen LogP contribution in [-0.2, 0) is 0 Å².